The van der Waals surface area contributed by atoms with Gasteiger partial charge in [0.1, 0.15) is 14.7 Å². The van der Waals surface area contributed by atoms with Gasteiger partial charge in [0.15, 0.2) is 0 Å². The van der Waals surface area contributed by atoms with Gasteiger partial charge in [0.05, 0.1) is 18.4 Å². The smallest absolute Gasteiger partial charge is 0.263 e. The number of anilines is 1. The number of nitrogen functional groups attached to an aromatic ring is 1. The predicted octanol–water partition coefficient (Wildman–Crippen LogP) is 2.22. The lowest BCUT2D eigenvalue weighted by atomic mass is 10.3. The number of hydrogen-bond donors (Lipinski definition) is 2. The Morgan fingerprint density at radius 2 is 2.29 bits per heavy atom. The summed E-state index contributed by atoms with van der Waals surface area (Å²) in [4.78, 5) is 18.8. The topological polar surface area (TPSA) is 93.8 Å². The number of nitrogens with one attached hydrogen (secondary N) is 1. The normalized spacial score (nSPS) is 10.9. The molecule has 3 heterocycles. The van der Waals surface area contributed by atoms with E-state index in [0.717, 1.165) is 16.8 Å². The van der Waals surface area contributed by atoms with Crippen molar-refractivity contribution in [3.8, 4) is 0 Å². The summed E-state index contributed by atoms with van der Waals surface area (Å²) in [6.07, 6.45) is 4.36. The standard InChI is InChI=1S/C13H13N5OS2/c1-2-7-5-15-9(20-7)6-16-12(19)11-10(14)8-3-4-17-18-13(8)21-11/h3-5H,2,6,14H2,1H3,(H,16,19). The molecular formula is C13H13N5OS2. The lowest BCUT2D eigenvalue weighted by Crippen LogP contribution is -2.22. The molecule has 3 rings (SSSR count). The average molecular weight is 319 g/mol. The molecule has 3 aromatic rings. The Bertz CT molecular complexity index is 795. The van der Waals surface area contributed by atoms with E-state index in [9.17, 15) is 4.79 Å². The molecule has 0 bridgehead atoms. The van der Waals surface area contributed by atoms with Gasteiger partial charge in [-0.15, -0.1) is 27.8 Å². The number of hydrogen-bond acceptors (Lipinski definition) is 7. The van der Waals surface area contributed by atoms with Gasteiger partial charge in [-0.05, 0) is 12.5 Å². The number of carbonyl (C=O) groups excluding carboxylic acids is 1. The molecule has 0 aliphatic carbocycles. The van der Waals surface area contributed by atoms with Crippen molar-refractivity contribution in [1.82, 2.24) is 20.5 Å². The molecule has 108 valence electrons. The molecule has 1 amide bonds. The summed E-state index contributed by atoms with van der Waals surface area (Å²) >= 11 is 2.85. The highest BCUT2D eigenvalue weighted by Crippen LogP contribution is 2.31. The molecule has 8 heteroatoms. The van der Waals surface area contributed by atoms with Gasteiger partial charge in [0.2, 0.25) is 0 Å². The van der Waals surface area contributed by atoms with Crippen LogP contribution in [0, 0.1) is 0 Å². The minimum absolute atomic E-state index is 0.205. The quantitative estimate of drug-likeness (QED) is 0.769. The summed E-state index contributed by atoms with van der Waals surface area (Å²) < 4.78 is 0. The zero-order chi connectivity index (χ0) is 14.8. The lowest BCUT2D eigenvalue weighted by Gasteiger charge is -2.01. The first-order chi connectivity index (χ1) is 10.2. The molecule has 0 aromatic carbocycles. The van der Waals surface area contributed by atoms with Crippen LogP contribution in [0.2, 0.25) is 0 Å². The maximum Gasteiger partial charge on any atom is 0.263 e. The Morgan fingerprint density at radius 1 is 1.43 bits per heavy atom. The highest BCUT2D eigenvalue weighted by atomic mass is 32.1. The number of nitrogens with zero attached hydrogens (tertiary/aromatic N) is 3. The molecule has 3 aromatic heterocycles. The van der Waals surface area contributed by atoms with Crippen molar-refractivity contribution in [1.29, 1.82) is 0 Å². The van der Waals surface area contributed by atoms with E-state index in [1.54, 1.807) is 23.6 Å². The van der Waals surface area contributed by atoms with E-state index >= 15 is 0 Å². The van der Waals surface area contributed by atoms with E-state index in [4.69, 9.17) is 5.73 Å². The second kappa shape index (κ2) is 5.74. The van der Waals surface area contributed by atoms with Crippen LogP contribution in [0.25, 0.3) is 10.2 Å². The lowest BCUT2D eigenvalue weighted by molar-refractivity contribution is 0.0956. The molecule has 0 aliphatic rings. The monoisotopic (exact) mass is 319 g/mol. The molecule has 0 spiro atoms. The highest BCUT2D eigenvalue weighted by Gasteiger charge is 2.17. The van der Waals surface area contributed by atoms with Gasteiger partial charge in [-0.3, -0.25) is 4.79 Å². The van der Waals surface area contributed by atoms with Crippen molar-refractivity contribution in [3.63, 3.8) is 0 Å². The van der Waals surface area contributed by atoms with Crippen LogP contribution >= 0.6 is 22.7 Å². The number of rotatable bonds is 4. The largest absolute Gasteiger partial charge is 0.397 e. The SMILES string of the molecule is CCc1cnc(CNC(=O)c2sc3nnccc3c2N)s1. The number of nitrogens with two attached hydrogens (primary N) is 1. The molecule has 0 atom stereocenters. The molecule has 0 radical (unpaired) electrons. The van der Waals surface area contributed by atoms with E-state index in [2.05, 4.69) is 27.4 Å². The van der Waals surface area contributed by atoms with Gasteiger partial charge in [-0.25, -0.2) is 4.98 Å². The Morgan fingerprint density at radius 3 is 3.00 bits per heavy atom. The maximum atomic E-state index is 12.2. The summed E-state index contributed by atoms with van der Waals surface area (Å²) in [7, 11) is 0. The van der Waals surface area contributed by atoms with Gasteiger partial charge in [-0.1, -0.05) is 6.92 Å². The van der Waals surface area contributed by atoms with Crippen molar-refractivity contribution in [2.24, 2.45) is 0 Å². The van der Waals surface area contributed by atoms with E-state index in [-0.39, 0.29) is 5.91 Å². The fraction of sp³-hybridized carbons (Fsp3) is 0.231. The Balaban J connectivity index is 1.76. The van der Waals surface area contributed by atoms with Crippen LogP contribution < -0.4 is 11.1 Å². The van der Waals surface area contributed by atoms with E-state index in [0.29, 0.717) is 21.9 Å². The maximum absolute atomic E-state index is 12.2. The predicted molar refractivity (Wildman–Crippen MR) is 84.5 cm³/mol. The van der Waals surface area contributed by atoms with Crippen LogP contribution in [0.3, 0.4) is 0 Å². The number of thiophene rings is 1. The van der Waals surface area contributed by atoms with Crippen molar-refractivity contribution in [3.05, 3.63) is 33.2 Å². The molecule has 0 unspecified atom stereocenters. The van der Waals surface area contributed by atoms with Crippen LogP contribution in [-0.2, 0) is 13.0 Å². The van der Waals surface area contributed by atoms with E-state index < -0.39 is 0 Å². The number of thiazole rings is 1. The van der Waals surface area contributed by atoms with Gasteiger partial charge in [-0.2, -0.15) is 5.10 Å². The van der Waals surface area contributed by atoms with Crippen molar-refractivity contribution < 1.29 is 4.79 Å². The fourth-order valence-corrected chi connectivity index (χ4v) is 3.63. The van der Waals surface area contributed by atoms with Gasteiger partial charge in [0, 0.05) is 16.5 Å². The van der Waals surface area contributed by atoms with Crippen LogP contribution in [0.4, 0.5) is 5.69 Å². The minimum atomic E-state index is -0.205. The number of fused-ring (bicyclic) bond motifs is 1. The molecule has 0 fully saturated rings. The first-order valence-corrected chi connectivity index (χ1v) is 8.03. The highest BCUT2D eigenvalue weighted by molar-refractivity contribution is 7.21. The van der Waals surface area contributed by atoms with Crippen molar-refractivity contribution in [2.75, 3.05) is 5.73 Å². The molecule has 21 heavy (non-hydrogen) atoms. The first kappa shape index (κ1) is 13.9. The van der Waals surface area contributed by atoms with Crippen LogP contribution in [0.15, 0.2) is 18.5 Å². The van der Waals surface area contributed by atoms with E-state index in [1.807, 2.05) is 6.20 Å². The van der Waals surface area contributed by atoms with Gasteiger partial charge < -0.3 is 11.1 Å². The van der Waals surface area contributed by atoms with Crippen LogP contribution in [0.5, 0.6) is 0 Å². The summed E-state index contributed by atoms with van der Waals surface area (Å²) in [6, 6.07) is 1.76. The van der Waals surface area contributed by atoms with Crippen LogP contribution in [0.1, 0.15) is 26.5 Å². The third kappa shape index (κ3) is 2.72. The molecule has 6 nitrogen and oxygen atoms in total. The first-order valence-electron chi connectivity index (χ1n) is 6.40. The average Bonchev–Trinajstić information content (AvgIpc) is 3.10. The van der Waals surface area contributed by atoms with Crippen molar-refractivity contribution >= 4 is 44.5 Å². The summed E-state index contributed by atoms with van der Waals surface area (Å²) in [5.41, 5.74) is 6.46. The summed E-state index contributed by atoms with van der Waals surface area (Å²) in [5, 5.41) is 12.3. The molecule has 3 N–H and O–H groups in total. The summed E-state index contributed by atoms with van der Waals surface area (Å²) in [5.74, 6) is -0.205. The summed E-state index contributed by atoms with van der Waals surface area (Å²) in [6.45, 7) is 2.48. The molecule has 0 aliphatic heterocycles. The minimum Gasteiger partial charge on any atom is -0.397 e. The van der Waals surface area contributed by atoms with Crippen LogP contribution in [-0.4, -0.2) is 21.1 Å². The second-order valence-corrected chi connectivity index (χ2v) is 6.55. The third-order valence-electron chi connectivity index (χ3n) is 2.98. The third-order valence-corrected chi connectivity index (χ3v) is 5.22. The molecular weight excluding hydrogens is 306 g/mol. The van der Waals surface area contributed by atoms with Gasteiger partial charge in [0.25, 0.3) is 5.91 Å². The van der Waals surface area contributed by atoms with E-state index in [1.165, 1.54) is 16.2 Å². The number of aryl methyl sites for hydroxylation is 1. The molecule has 0 saturated carbocycles. The Kier molecular flexibility index (Phi) is 3.80. The number of aromatic nitrogens is 3. The zero-order valence-electron chi connectivity index (χ0n) is 11.3. The Labute approximate surface area is 129 Å². The second-order valence-electron chi connectivity index (χ2n) is 4.35. The van der Waals surface area contributed by atoms with Gasteiger partial charge >= 0.3 is 0 Å². The van der Waals surface area contributed by atoms with Crippen molar-refractivity contribution in [2.45, 2.75) is 19.9 Å². The molecule has 0 saturated heterocycles. The number of carbonyl (C=O) groups is 1. The number of amides is 1. The zero-order valence-corrected chi connectivity index (χ0v) is 12.9. The Hall–Kier alpha value is -2.06. The fourth-order valence-electron chi connectivity index (χ4n) is 1.87.